The minimum atomic E-state index is -1.25. The molecule has 3 fully saturated rings. The van der Waals surface area contributed by atoms with Crippen molar-refractivity contribution >= 4 is 29.4 Å². The van der Waals surface area contributed by atoms with Gasteiger partial charge >= 0.3 is 5.97 Å². The number of methoxy groups -OCH3 is 1. The Balaban J connectivity index is 1.51. The van der Waals surface area contributed by atoms with Crippen LogP contribution in [0, 0.1) is 25.7 Å². The van der Waals surface area contributed by atoms with Crippen molar-refractivity contribution in [2.24, 2.45) is 11.8 Å². The van der Waals surface area contributed by atoms with Crippen LogP contribution in [-0.4, -0.2) is 90.9 Å². The second kappa shape index (κ2) is 16.8. The molecule has 2 bridgehead atoms. The second-order valence-corrected chi connectivity index (χ2v) is 13.7. The van der Waals surface area contributed by atoms with Crippen LogP contribution in [0.15, 0.2) is 73.8 Å². The molecule has 3 saturated heterocycles. The first-order valence-electron chi connectivity index (χ1n) is 17.9. The predicted molar refractivity (Wildman–Crippen MR) is 193 cm³/mol. The number of hydrogen-bond acceptors (Lipinski definition) is 8. The molecule has 3 aliphatic heterocycles. The molecule has 0 saturated carbocycles. The third-order valence-corrected chi connectivity index (χ3v) is 10.4. The Labute approximate surface area is 300 Å². The summed E-state index contributed by atoms with van der Waals surface area (Å²) >= 11 is 0. The van der Waals surface area contributed by atoms with Gasteiger partial charge in [-0.2, -0.15) is 0 Å². The summed E-state index contributed by atoms with van der Waals surface area (Å²) in [5, 5.41) is 12.5. The largest absolute Gasteiger partial charge is 0.455 e. The molecule has 5 rings (SSSR count). The fourth-order valence-corrected chi connectivity index (χ4v) is 8.26. The summed E-state index contributed by atoms with van der Waals surface area (Å²) in [4.78, 5) is 60.1. The molecule has 11 heteroatoms. The molecule has 3 amide bonds. The summed E-state index contributed by atoms with van der Waals surface area (Å²) < 4.78 is 18.5. The number of amides is 3. The Hall–Kier alpha value is -4.32. The number of nitrogens with zero attached hydrogens (tertiary/aromatic N) is 2. The number of para-hydroxylation sites is 1. The van der Waals surface area contributed by atoms with Gasteiger partial charge in [0.1, 0.15) is 17.7 Å². The Kier molecular flexibility index (Phi) is 12.5. The number of anilines is 1. The van der Waals surface area contributed by atoms with Gasteiger partial charge in [0.25, 0.3) is 5.91 Å². The third kappa shape index (κ3) is 7.52. The average molecular weight is 702 g/mol. The van der Waals surface area contributed by atoms with E-state index in [-0.39, 0.29) is 50.4 Å². The molecule has 2 aromatic carbocycles. The maximum absolute atomic E-state index is 14.9. The van der Waals surface area contributed by atoms with Crippen LogP contribution in [0.5, 0.6) is 0 Å². The zero-order valence-electron chi connectivity index (χ0n) is 29.9. The van der Waals surface area contributed by atoms with Gasteiger partial charge in [-0.25, -0.2) is 0 Å². The van der Waals surface area contributed by atoms with Crippen LogP contribution < -0.4 is 10.2 Å². The fourth-order valence-electron chi connectivity index (χ4n) is 8.26. The molecule has 1 spiro atoms. The van der Waals surface area contributed by atoms with Crippen molar-refractivity contribution in [2.75, 3.05) is 38.3 Å². The zero-order chi connectivity index (χ0) is 36.7. The minimum Gasteiger partial charge on any atom is -0.455 e. The molecule has 0 aromatic heterocycles. The Morgan fingerprint density at radius 1 is 1.10 bits per heavy atom. The lowest BCUT2D eigenvalue weighted by atomic mass is 9.70. The number of likely N-dealkylation sites (tertiary alicyclic amines) is 1. The lowest BCUT2D eigenvalue weighted by Gasteiger charge is -2.37. The highest BCUT2D eigenvalue weighted by Crippen LogP contribution is 2.59. The number of aryl methyl sites for hydroxylation is 2. The van der Waals surface area contributed by atoms with Crippen LogP contribution in [-0.2, 0) is 33.4 Å². The minimum absolute atomic E-state index is 0.0542. The van der Waals surface area contributed by atoms with E-state index < -0.39 is 47.7 Å². The molecule has 7 atom stereocenters. The molecule has 0 radical (unpaired) electrons. The van der Waals surface area contributed by atoms with E-state index in [9.17, 15) is 24.3 Å². The van der Waals surface area contributed by atoms with Gasteiger partial charge in [-0.15, -0.1) is 13.2 Å². The number of aliphatic hydroxyl groups excluding tert-OH is 1. The topological polar surface area (TPSA) is 135 Å². The number of ether oxygens (including phenoxy) is 3. The first kappa shape index (κ1) is 37.9. The SMILES string of the molecule is C=CCCC(=O)N[C@H](COC)[C@H](OC(=O)[C@@H]1[C@H]2C(=O)N(CCCCO)[C@H](C(=O)N(CC=C)c3c(C)cccc3C)[C@]23CC[C@H]1O3)c1ccccc1. The monoisotopic (exact) mass is 701 g/mol. The Morgan fingerprint density at radius 2 is 1.82 bits per heavy atom. The number of rotatable bonds is 18. The summed E-state index contributed by atoms with van der Waals surface area (Å²) in [7, 11) is 1.51. The Bertz CT molecular complexity index is 1580. The van der Waals surface area contributed by atoms with E-state index in [4.69, 9.17) is 14.2 Å². The van der Waals surface area contributed by atoms with Gasteiger partial charge in [0.15, 0.2) is 0 Å². The Morgan fingerprint density at radius 3 is 2.47 bits per heavy atom. The molecule has 51 heavy (non-hydrogen) atoms. The summed E-state index contributed by atoms with van der Waals surface area (Å²) in [5.41, 5.74) is 1.97. The fraction of sp³-hybridized carbons (Fsp3) is 0.500. The molecule has 3 heterocycles. The number of hydrogen-bond donors (Lipinski definition) is 2. The summed E-state index contributed by atoms with van der Waals surface area (Å²) in [6, 6.07) is 13.2. The van der Waals surface area contributed by atoms with Gasteiger partial charge < -0.3 is 34.4 Å². The highest BCUT2D eigenvalue weighted by Gasteiger charge is 2.75. The number of fused-ring (bicyclic) bond motifs is 1. The van der Waals surface area contributed by atoms with E-state index >= 15 is 0 Å². The van der Waals surface area contributed by atoms with Crippen molar-refractivity contribution in [3.05, 3.63) is 90.5 Å². The standard InChI is InChI=1S/C40H51N3O8/c1-6-8-19-31(45)41-29(25-49-5)35(28-17-10-9-11-18-28)50-39(48)32-30-20-21-40(51-30)33(32)37(46)43(23-12-13-24-44)36(40)38(47)42(22-7-2)34-26(3)15-14-16-27(34)4/h6-7,9-11,14-18,29-30,32-33,35-36,44H,1-2,8,12-13,19-25H2,3-5H3,(H,41,45)/t29-,30-,32+,33+,35-,36-,40+/m1/s1. The molecular formula is C40H51N3O8. The normalized spacial score (nSPS) is 24.5. The average Bonchev–Trinajstić information content (AvgIpc) is 3.76. The first-order valence-corrected chi connectivity index (χ1v) is 17.9. The number of esters is 1. The number of carbonyl (C=O) groups is 4. The van der Waals surface area contributed by atoms with Crippen LogP contribution in [0.2, 0.25) is 0 Å². The molecule has 0 aliphatic carbocycles. The van der Waals surface area contributed by atoms with Gasteiger partial charge in [0.2, 0.25) is 11.8 Å². The summed E-state index contributed by atoms with van der Waals surface area (Å²) in [5.74, 6) is -3.42. The van der Waals surface area contributed by atoms with E-state index in [1.165, 1.54) is 7.11 Å². The number of unbranched alkanes of at least 4 members (excludes halogenated alkanes) is 1. The van der Waals surface area contributed by atoms with E-state index in [1.807, 2.05) is 62.4 Å². The van der Waals surface area contributed by atoms with Crippen LogP contribution >= 0.6 is 0 Å². The maximum Gasteiger partial charge on any atom is 0.313 e. The number of aliphatic hydroxyl groups is 1. The molecule has 274 valence electrons. The first-order chi connectivity index (χ1) is 24.6. The molecule has 2 aromatic rings. The second-order valence-electron chi connectivity index (χ2n) is 13.7. The highest BCUT2D eigenvalue weighted by molar-refractivity contribution is 6.05. The third-order valence-electron chi connectivity index (χ3n) is 10.4. The number of carbonyl (C=O) groups excluding carboxylic acids is 4. The van der Waals surface area contributed by atoms with Crippen LogP contribution in [0.25, 0.3) is 0 Å². The zero-order valence-corrected chi connectivity index (χ0v) is 29.9. The summed E-state index contributed by atoms with van der Waals surface area (Å²) in [6.45, 7) is 11.9. The number of nitrogens with one attached hydrogen (secondary N) is 1. The van der Waals surface area contributed by atoms with Crippen molar-refractivity contribution in [1.82, 2.24) is 10.2 Å². The lowest BCUT2D eigenvalue weighted by molar-refractivity contribution is -0.163. The van der Waals surface area contributed by atoms with Gasteiger partial charge in [0.05, 0.1) is 30.6 Å². The van der Waals surface area contributed by atoms with Gasteiger partial charge in [-0.3, -0.25) is 19.2 Å². The van der Waals surface area contributed by atoms with E-state index in [2.05, 4.69) is 18.5 Å². The van der Waals surface area contributed by atoms with E-state index in [1.54, 1.807) is 22.0 Å². The predicted octanol–water partition coefficient (Wildman–Crippen LogP) is 4.35. The molecule has 0 unspecified atom stereocenters. The van der Waals surface area contributed by atoms with Crippen molar-refractivity contribution < 1.29 is 38.5 Å². The van der Waals surface area contributed by atoms with Crippen LogP contribution in [0.3, 0.4) is 0 Å². The maximum atomic E-state index is 14.9. The van der Waals surface area contributed by atoms with Gasteiger partial charge in [0, 0.05) is 38.9 Å². The number of benzene rings is 2. The quantitative estimate of drug-likeness (QED) is 0.133. The van der Waals surface area contributed by atoms with Crippen molar-refractivity contribution in [1.29, 1.82) is 0 Å². The van der Waals surface area contributed by atoms with Crippen molar-refractivity contribution in [2.45, 2.75) is 82.3 Å². The lowest BCUT2D eigenvalue weighted by Crippen LogP contribution is -2.56. The molecular weight excluding hydrogens is 650 g/mol. The van der Waals surface area contributed by atoms with E-state index in [0.717, 1.165) is 16.8 Å². The smallest absolute Gasteiger partial charge is 0.313 e. The number of allylic oxidation sites excluding steroid dienone is 1. The molecule has 11 nitrogen and oxygen atoms in total. The summed E-state index contributed by atoms with van der Waals surface area (Å²) in [6.07, 6.45) is 4.27. The molecule has 3 aliphatic rings. The van der Waals surface area contributed by atoms with Crippen molar-refractivity contribution in [3.8, 4) is 0 Å². The van der Waals surface area contributed by atoms with Crippen LogP contribution in [0.1, 0.15) is 61.3 Å². The highest BCUT2D eigenvalue weighted by atomic mass is 16.6. The van der Waals surface area contributed by atoms with Crippen LogP contribution in [0.4, 0.5) is 5.69 Å². The van der Waals surface area contributed by atoms with E-state index in [0.29, 0.717) is 37.7 Å². The van der Waals surface area contributed by atoms with Crippen molar-refractivity contribution in [3.63, 3.8) is 0 Å². The van der Waals surface area contributed by atoms with Gasteiger partial charge in [-0.1, -0.05) is 60.7 Å². The molecule has 2 N–H and O–H groups in total. The van der Waals surface area contributed by atoms with Gasteiger partial charge in [-0.05, 0) is 62.6 Å².